The molecule has 0 bridgehead atoms. The van der Waals surface area contributed by atoms with Crippen LogP contribution in [0.1, 0.15) is 22.3 Å². The molecule has 2 unspecified atom stereocenters. The molecule has 2 aromatic rings. The predicted molar refractivity (Wildman–Crippen MR) is 101 cm³/mol. The lowest BCUT2D eigenvalue weighted by Crippen LogP contribution is -2.31. The molecule has 1 aliphatic carbocycles. The molecule has 0 radical (unpaired) electrons. The summed E-state index contributed by atoms with van der Waals surface area (Å²) in [6.45, 7) is 0.679. The van der Waals surface area contributed by atoms with E-state index in [-0.39, 0.29) is 23.7 Å². The number of amides is 2. The summed E-state index contributed by atoms with van der Waals surface area (Å²) in [7, 11) is 1.32. The average molecular weight is 364 g/mol. The zero-order valence-electron chi connectivity index (χ0n) is 15.0. The van der Waals surface area contributed by atoms with Gasteiger partial charge in [0.15, 0.2) is 0 Å². The van der Waals surface area contributed by atoms with E-state index in [1.165, 1.54) is 12.7 Å². The highest BCUT2D eigenvalue weighted by atomic mass is 16.5. The molecule has 0 aromatic heterocycles. The van der Waals surface area contributed by atoms with Gasteiger partial charge in [-0.2, -0.15) is 0 Å². The van der Waals surface area contributed by atoms with Gasteiger partial charge >= 0.3 is 5.97 Å². The fraction of sp³-hybridized carbons (Fsp3) is 0.286. The van der Waals surface area contributed by atoms with Crippen LogP contribution in [0.5, 0.6) is 0 Å². The number of nitrogens with zero attached hydrogens (tertiary/aromatic N) is 1. The molecule has 6 heteroatoms. The van der Waals surface area contributed by atoms with Gasteiger partial charge in [0.05, 0.1) is 24.5 Å². The molecule has 6 nitrogen and oxygen atoms in total. The van der Waals surface area contributed by atoms with Crippen molar-refractivity contribution >= 4 is 29.2 Å². The van der Waals surface area contributed by atoms with Crippen molar-refractivity contribution in [1.82, 2.24) is 0 Å². The van der Waals surface area contributed by atoms with Crippen LogP contribution in [-0.4, -0.2) is 31.4 Å². The molecule has 2 aromatic carbocycles. The average Bonchev–Trinajstić information content (AvgIpc) is 3.39. The highest BCUT2D eigenvalue weighted by Gasteiger charge is 2.50. The van der Waals surface area contributed by atoms with Gasteiger partial charge in [0.25, 0.3) is 0 Å². The van der Waals surface area contributed by atoms with Crippen molar-refractivity contribution in [2.24, 2.45) is 11.8 Å². The van der Waals surface area contributed by atoms with Crippen LogP contribution in [0.2, 0.25) is 0 Å². The van der Waals surface area contributed by atoms with Gasteiger partial charge in [-0.05, 0) is 48.7 Å². The van der Waals surface area contributed by atoms with Crippen LogP contribution in [-0.2, 0) is 20.7 Å². The Hall–Kier alpha value is -3.15. The Morgan fingerprint density at radius 3 is 2.52 bits per heavy atom. The number of benzene rings is 2. The van der Waals surface area contributed by atoms with Gasteiger partial charge in [-0.1, -0.05) is 18.2 Å². The van der Waals surface area contributed by atoms with Crippen molar-refractivity contribution in [3.05, 3.63) is 59.7 Å². The number of anilines is 2. The summed E-state index contributed by atoms with van der Waals surface area (Å²) >= 11 is 0. The van der Waals surface area contributed by atoms with E-state index in [9.17, 15) is 14.4 Å². The summed E-state index contributed by atoms with van der Waals surface area (Å²) in [6.07, 6.45) is 1.43. The molecule has 0 saturated heterocycles. The third kappa shape index (κ3) is 3.30. The van der Waals surface area contributed by atoms with Crippen molar-refractivity contribution in [3.63, 3.8) is 0 Å². The quantitative estimate of drug-likeness (QED) is 0.847. The van der Waals surface area contributed by atoms with E-state index in [4.69, 9.17) is 0 Å². The SMILES string of the molecule is COC(=O)c1ccc(NC(=O)C2CC2C(=O)N2CCc3ccccc32)cc1. The van der Waals surface area contributed by atoms with Crippen LogP contribution in [0.15, 0.2) is 48.5 Å². The lowest BCUT2D eigenvalue weighted by Gasteiger charge is -2.17. The predicted octanol–water partition coefficient (Wildman–Crippen LogP) is 2.64. The zero-order chi connectivity index (χ0) is 19.0. The lowest BCUT2D eigenvalue weighted by atomic mass is 10.2. The first-order valence-electron chi connectivity index (χ1n) is 8.97. The first-order chi connectivity index (χ1) is 13.1. The van der Waals surface area contributed by atoms with E-state index in [0.29, 0.717) is 24.2 Å². The molecule has 1 saturated carbocycles. The molecule has 27 heavy (non-hydrogen) atoms. The highest BCUT2D eigenvalue weighted by molar-refractivity contribution is 6.05. The summed E-state index contributed by atoms with van der Waals surface area (Å²) in [4.78, 5) is 38.5. The van der Waals surface area contributed by atoms with Crippen LogP contribution in [0.3, 0.4) is 0 Å². The van der Waals surface area contributed by atoms with Gasteiger partial charge in [0.1, 0.15) is 0 Å². The first-order valence-corrected chi connectivity index (χ1v) is 8.97. The van der Waals surface area contributed by atoms with Crippen molar-refractivity contribution in [2.45, 2.75) is 12.8 Å². The van der Waals surface area contributed by atoms with Crippen LogP contribution >= 0.6 is 0 Å². The number of fused-ring (bicyclic) bond motifs is 1. The minimum atomic E-state index is -0.424. The van der Waals surface area contributed by atoms with Crippen molar-refractivity contribution in [2.75, 3.05) is 23.9 Å². The van der Waals surface area contributed by atoms with Gasteiger partial charge in [-0.3, -0.25) is 9.59 Å². The van der Waals surface area contributed by atoms with Crippen LogP contribution in [0.4, 0.5) is 11.4 Å². The van der Waals surface area contributed by atoms with Crippen molar-refractivity contribution in [3.8, 4) is 0 Å². The molecule has 2 amide bonds. The Balaban J connectivity index is 1.37. The summed E-state index contributed by atoms with van der Waals surface area (Å²) < 4.78 is 4.65. The van der Waals surface area contributed by atoms with Gasteiger partial charge in [0, 0.05) is 17.9 Å². The van der Waals surface area contributed by atoms with Gasteiger partial charge in [-0.25, -0.2) is 4.79 Å². The Morgan fingerprint density at radius 2 is 1.78 bits per heavy atom. The lowest BCUT2D eigenvalue weighted by molar-refractivity contribution is -0.123. The van der Waals surface area contributed by atoms with Crippen LogP contribution in [0, 0.1) is 11.8 Å². The smallest absolute Gasteiger partial charge is 0.337 e. The summed E-state index contributed by atoms with van der Waals surface area (Å²) in [5.74, 6) is -1.12. The molecule has 2 atom stereocenters. The van der Waals surface area contributed by atoms with Crippen molar-refractivity contribution < 1.29 is 19.1 Å². The minimum Gasteiger partial charge on any atom is -0.465 e. The topological polar surface area (TPSA) is 75.7 Å². The number of hydrogen-bond acceptors (Lipinski definition) is 4. The zero-order valence-corrected chi connectivity index (χ0v) is 15.0. The number of para-hydroxylation sites is 1. The number of carbonyl (C=O) groups excluding carboxylic acids is 3. The largest absolute Gasteiger partial charge is 0.465 e. The van der Waals surface area contributed by atoms with E-state index in [1.54, 1.807) is 29.2 Å². The van der Waals surface area contributed by atoms with E-state index < -0.39 is 5.97 Å². The standard InChI is InChI=1S/C21H20N2O4/c1-27-21(26)14-6-8-15(9-7-14)22-19(24)16-12-17(16)20(25)23-11-10-13-4-2-3-5-18(13)23/h2-9,16-17H,10-12H2,1H3,(H,22,24). The normalized spacial score (nSPS) is 20.0. The molecule has 1 aliphatic heterocycles. The second-order valence-corrected chi connectivity index (χ2v) is 6.88. The maximum absolute atomic E-state index is 12.8. The molecule has 1 fully saturated rings. The number of hydrogen-bond donors (Lipinski definition) is 1. The molecular formula is C21H20N2O4. The molecule has 138 valence electrons. The monoisotopic (exact) mass is 364 g/mol. The fourth-order valence-electron chi connectivity index (χ4n) is 3.57. The third-order valence-corrected chi connectivity index (χ3v) is 5.17. The molecule has 0 spiro atoms. The number of ether oxygens (including phenoxy) is 1. The Bertz CT molecular complexity index is 907. The van der Waals surface area contributed by atoms with Crippen LogP contribution in [0.25, 0.3) is 0 Å². The maximum atomic E-state index is 12.8. The highest BCUT2D eigenvalue weighted by Crippen LogP contribution is 2.43. The molecular weight excluding hydrogens is 344 g/mol. The van der Waals surface area contributed by atoms with Crippen LogP contribution < -0.4 is 10.2 Å². The summed E-state index contributed by atoms with van der Waals surface area (Å²) in [5, 5.41) is 2.82. The Labute approximate surface area is 157 Å². The number of carbonyl (C=O) groups is 3. The summed E-state index contributed by atoms with van der Waals surface area (Å²) in [5.41, 5.74) is 3.16. The molecule has 2 aliphatic rings. The number of nitrogens with one attached hydrogen (secondary N) is 1. The van der Waals surface area contributed by atoms with E-state index in [1.807, 2.05) is 24.3 Å². The number of rotatable bonds is 4. The minimum absolute atomic E-state index is 0.0288. The molecule has 1 N–H and O–H groups in total. The van der Waals surface area contributed by atoms with Gasteiger partial charge in [0.2, 0.25) is 11.8 Å². The molecule has 4 rings (SSSR count). The van der Waals surface area contributed by atoms with Gasteiger partial charge < -0.3 is 15.0 Å². The second-order valence-electron chi connectivity index (χ2n) is 6.88. The Morgan fingerprint density at radius 1 is 1.04 bits per heavy atom. The van der Waals surface area contributed by atoms with E-state index in [0.717, 1.165) is 12.1 Å². The summed E-state index contributed by atoms with van der Waals surface area (Å²) in [6, 6.07) is 14.4. The maximum Gasteiger partial charge on any atom is 0.337 e. The first kappa shape index (κ1) is 17.3. The van der Waals surface area contributed by atoms with E-state index >= 15 is 0 Å². The molecule has 1 heterocycles. The van der Waals surface area contributed by atoms with E-state index in [2.05, 4.69) is 10.1 Å². The fourth-order valence-corrected chi connectivity index (χ4v) is 3.57. The Kier molecular flexibility index (Phi) is 4.39. The third-order valence-electron chi connectivity index (χ3n) is 5.17. The number of esters is 1. The number of methoxy groups -OCH3 is 1. The van der Waals surface area contributed by atoms with Gasteiger partial charge in [-0.15, -0.1) is 0 Å². The second kappa shape index (κ2) is 6.87. The van der Waals surface area contributed by atoms with Crippen molar-refractivity contribution in [1.29, 1.82) is 0 Å².